The largest absolute Gasteiger partial charge is 0.316 e. The van der Waals surface area contributed by atoms with Crippen LogP contribution in [0.25, 0.3) is 0 Å². The van der Waals surface area contributed by atoms with Crippen molar-refractivity contribution in [2.24, 2.45) is 5.92 Å². The molecule has 0 aromatic heterocycles. The van der Waals surface area contributed by atoms with Gasteiger partial charge in [0, 0.05) is 6.54 Å². The SMILES string of the molecule is CCCNCC(c1ccc(C(C)C)cc1)C(CC)CC. The van der Waals surface area contributed by atoms with Gasteiger partial charge in [-0.3, -0.25) is 0 Å². The minimum Gasteiger partial charge on any atom is -0.316 e. The van der Waals surface area contributed by atoms with E-state index >= 15 is 0 Å². The molecular formula is C19H33N. The lowest BCUT2D eigenvalue weighted by Gasteiger charge is -2.26. The smallest absolute Gasteiger partial charge is 0.00228 e. The summed E-state index contributed by atoms with van der Waals surface area (Å²) < 4.78 is 0. The second-order valence-electron chi connectivity index (χ2n) is 6.21. The summed E-state index contributed by atoms with van der Waals surface area (Å²) >= 11 is 0. The van der Waals surface area contributed by atoms with Gasteiger partial charge in [-0.15, -0.1) is 0 Å². The standard InChI is InChI=1S/C19H33N/c1-6-13-20-14-19(16(7-2)8-3)18-11-9-17(10-12-18)15(4)5/h9-12,15-16,19-20H,6-8,13-14H2,1-5H3. The second-order valence-corrected chi connectivity index (χ2v) is 6.21. The van der Waals surface area contributed by atoms with Crippen LogP contribution in [-0.4, -0.2) is 13.1 Å². The molecule has 0 aliphatic heterocycles. The maximum Gasteiger partial charge on any atom is 0.00228 e. The van der Waals surface area contributed by atoms with Crippen molar-refractivity contribution in [1.82, 2.24) is 5.32 Å². The Hall–Kier alpha value is -0.820. The van der Waals surface area contributed by atoms with Gasteiger partial charge in [-0.25, -0.2) is 0 Å². The van der Waals surface area contributed by atoms with Gasteiger partial charge < -0.3 is 5.32 Å². The summed E-state index contributed by atoms with van der Waals surface area (Å²) in [6.07, 6.45) is 3.74. The van der Waals surface area contributed by atoms with E-state index < -0.39 is 0 Å². The van der Waals surface area contributed by atoms with Crippen LogP contribution < -0.4 is 5.32 Å². The molecule has 1 nitrogen and oxygen atoms in total. The zero-order chi connectivity index (χ0) is 15.0. The van der Waals surface area contributed by atoms with E-state index in [0.717, 1.165) is 19.0 Å². The van der Waals surface area contributed by atoms with Crippen molar-refractivity contribution in [2.75, 3.05) is 13.1 Å². The normalized spacial score (nSPS) is 13.2. The van der Waals surface area contributed by atoms with Crippen molar-refractivity contribution in [1.29, 1.82) is 0 Å². The summed E-state index contributed by atoms with van der Waals surface area (Å²) in [4.78, 5) is 0. The molecule has 0 fully saturated rings. The van der Waals surface area contributed by atoms with Crippen LogP contribution in [-0.2, 0) is 0 Å². The van der Waals surface area contributed by atoms with Gasteiger partial charge in [0.2, 0.25) is 0 Å². The summed E-state index contributed by atoms with van der Waals surface area (Å²) in [5.41, 5.74) is 2.95. The lowest BCUT2D eigenvalue weighted by atomic mass is 9.82. The Bertz CT molecular complexity index is 349. The molecule has 114 valence electrons. The third-order valence-electron chi connectivity index (χ3n) is 4.44. The summed E-state index contributed by atoms with van der Waals surface area (Å²) in [6, 6.07) is 9.34. The third-order valence-corrected chi connectivity index (χ3v) is 4.44. The van der Waals surface area contributed by atoms with Gasteiger partial charge >= 0.3 is 0 Å². The van der Waals surface area contributed by atoms with E-state index in [1.165, 1.54) is 30.4 Å². The van der Waals surface area contributed by atoms with Gasteiger partial charge in [-0.05, 0) is 41.8 Å². The van der Waals surface area contributed by atoms with Gasteiger partial charge in [0.25, 0.3) is 0 Å². The van der Waals surface area contributed by atoms with Crippen molar-refractivity contribution in [3.8, 4) is 0 Å². The fraction of sp³-hybridized carbons (Fsp3) is 0.684. The summed E-state index contributed by atoms with van der Waals surface area (Å²) in [5, 5.41) is 3.62. The molecule has 0 radical (unpaired) electrons. The molecule has 1 aromatic rings. The molecule has 0 bridgehead atoms. The van der Waals surface area contributed by atoms with Gasteiger partial charge in [-0.2, -0.15) is 0 Å². The van der Waals surface area contributed by atoms with Crippen LogP contribution in [0.2, 0.25) is 0 Å². The minimum atomic E-state index is 0.619. The van der Waals surface area contributed by atoms with E-state index in [-0.39, 0.29) is 0 Å². The van der Waals surface area contributed by atoms with E-state index in [2.05, 4.69) is 64.2 Å². The van der Waals surface area contributed by atoms with Crippen LogP contribution in [0.1, 0.15) is 76.8 Å². The molecule has 1 heteroatoms. The Morgan fingerprint density at radius 3 is 1.90 bits per heavy atom. The lowest BCUT2D eigenvalue weighted by molar-refractivity contribution is 0.380. The van der Waals surface area contributed by atoms with Gasteiger partial charge in [0.05, 0.1) is 0 Å². The van der Waals surface area contributed by atoms with Crippen LogP contribution in [0, 0.1) is 5.92 Å². The lowest BCUT2D eigenvalue weighted by Crippen LogP contribution is -2.27. The van der Waals surface area contributed by atoms with Crippen molar-refractivity contribution in [3.63, 3.8) is 0 Å². The first-order valence-electron chi connectivity index (χ1n) is 8.44. The van der Waals surface area contributed by atoms with Crippen molar-refractivity contribution >= 4 is 0 Å². The quantitative estimate of drug-likeness (QED) is 0.601. The molecule has 1 aromatic carbocycles. The van der Waals surface area contributed by atoms with Crippen molar-refractivity contribution in [3.05, 3.63) is 35.4 Å². The van der Waals surface area contributed by atoms with Gasteiger partial charge in [0.15, 0.2) is 0 Å². The molecule has 20 heavy (non-hydrogen) atoms. The first kappa shape index (κ1) is 17.2. The van der Waals surface area contributed by atoms with E-state index in [1.54, 1.807) is 0 Å². The molecule has 1 rings (SSSR count). The average molecular weight is 275 g/mol. The highest BCUT2D eigenvalue weighted by Crippen LogP contribution is 2.30. The first-order valence-corrected chi connectivity index (χ1v) is 8.44. The molecule has 0 heterocycles. The summed E-state index contributed by atoms with van der Waals surface area (Å²) in [7, 11) is 0. The van der Waals surface area contributed by atoms with Gasteiger partial charge in [0.1, 0.15) is 0 Å². The Kier molecular flexibility index (Phi) is 7.91. The molecule has 0 aliphatic rings. The van der Waals surface area contributed by atoms with Crippen LogP contribution in [0.3, 0.4) is 0 Å². The van der Waals surface area contributed by atoms with Crippen LogP contribution >= 0.6 is 0 Å². The Labute approximate surface area is 126 Å². The topological polar surface area (TPSA) is 12.0 Å². The fourth-order valence-electron chi connectivity index (χ4n) is 2.98. The highest BCUT2D eigenvalue weighted by Gasteiger charge is 2.20. The molecule has 0 spiro atoms. The zero-order valence-corrected chi connectivity index (χ0v) is 14.1. The Morgan fingerprint density at radius 2 is 1.45 bits per heavy atom. The van der Waals surface area contributed by atoms with E-state index in [4.69, 9.17) is 0 Å². The number of hydrogen-bond donors (Lipinski definition) is 1. The minimum absolute atomic E-state index is 0.619. The zero-order valence-electron chi connectivity index (χ0n) is 14.1. The predicted molar refractivity (Wildman–Crippen MR) is 90.5 cm³/mol. The maximum atomic E-state index is 3.62. The molecule has 0 saturated heterocycles. The van der Waals surface area contributed by atoms with E-state index in [0.29, 0.717) is 11.8 Å². The van der Waals surface area contributed by atoms with Crippen LogP contribution in [0.5, 0.6) is 0 Å². The maximum absolute atomic E-state index is 3.62. The molecule has 1 unspecified atom stereocenters. The van der Waals surface area contributed by atoms with E-state index in [9.17, 15) is 0 Å². The first-order chi connectivity index (χ1) is 9.63. The third kappa shape index (κ3) is 4.94. The molecule has 0 aliphatic carbocycles. The second kappa shape index (κ2) is 9.18. The highest BCUT2D eigenvalue weighted by molar-refractivity contribution is 5.28. The molecule has 1 N–H and O–H groups in total. The van der Waals surface area contributed by atoms with Crippen molar-refractivity contribution < 1.29 is 0 Å². The average Bonchev–Trinajstić information content (AvgIpc) is 2.47. The Morgan fingerprint density at radius 1 is 0.900 bits per heavy atom. The Balaban J connectivity index is 2.84. The molecule has 0 amide bonds. The van der Waals surface area contributed by atoms with Crippen molar-refractivity contribution in [2.45, 2.75) is 65.7 Å². The molecule has 1 atom stereocenters. The summed E-state index contributed by atoms with van der Waals surface area (Å²) in [5.74, 6) is 2.05. The summed E-state index contributed by atoms with van der Waals surface area (Å²) in [6.45, 7) is 13.6. The predicted octanol–water partition coefficient (Wildman–Crippen LogP) is 5.33. The highest BCUT2D eigenvalue weighted by atomic mass is 14.9. The number of hydrogen-bond acceptors (Lipinski definition) is 1. The van der Waals surface area contributed by atoms with E-state index in [1.807, 2.05) is 0 Å². The van der Waals surface area contributed by atoms with Crippen LogP contribution in [0.15, 0.2) is 24.3 Å². The van der Waals surface area contributed by atoms with Gasteiger partial charge in [-0.1, -0.05) is 71.7 Å². The van der Waals surface area contributed by atoms with Crippen LogP contribution in [0.4, 0.5) is 0 Å². The molecule has 0 saturated carbocycles. The number of rotatable bonds is 9. The molecular weight excluding hydrogens is 242 g/mol. The number of nitrogens with one attached hydrogen (secondary N) is 1. The number of benzene rings is 1. The fourth-order valence-corrected chi connectivity index (χ4v) is 2.98. The monoisotopic (exact) mass is 275 g/mol.